The van der Waals surface area contributed by atoms with Crippen LogP contribution in [0.5, 0.6) is 0 Å². The molecule has 4 aromatic rings. The number of aromatic nitrogens is 4. The third-order valence-corrected chi connectivity index (χ3v) is 4.09. The number of fused-ring (bicyclic) bond motifs is 2. The topological polar surface area (TPSA) is 75.1 Å². The van der Waals surface area contributed by atoms with Crippen molar-refractivity contribution in [3.63, 3.8) is 0 Å². The number of nitrogens with zero attached hydrogens (tertiary/aromatic N) is 3. The Balaban J connectivity index is 1.55. The molecule has 3 heterocycles. The molecule has 7 heteroatoms. The Morgan fingerprint density at radius 3 is 3.09 bits per heavy atom. The molecule has 3 aromatic heterocycles. The van der Waals surface area contributed by atoms with Crippen LogP contribution in [0.1, 0.15) is 16.1 Å². The molecule has 114 valence electrons. The highest BCUT2D eigenvalue weighted by Crippen LogP contribution is 2.16. The van der Waals surface area contributed by atoms with Gasteiger partial charge in [0, 0.05) is 22.3 Å². The zero-order valence-corrected chi connectivity index (χ0v) is 13.5. The number of hydrogen-bond donors (Lipinski definition) is 2. The molecule has 0 fully saturated rings. The van der Waals surface area contributed by atoms with Gasteiger partial charge < -0.3 is 9.72 Å². The van der Waals surface area contributed by atoms with Gasteiger partial charge in [0.25, 0.3) is 5.91 Å². The number of amides is 1. The maximum absolute atomic E-state index is 12.4. The molecule has 2 N–H and O–H groups in total. The molecule has 0 atom stereocenters. The van der Waals surface area contributed by atoms with Gasteiger partial charge in [0.05, 0.1) is 29.5 Å². The number of benzene rings is 1. The van der Waals surface area contributed by atoms with E-state index in [0.717, 1.165) is 26.7 Å². The first-order valence-corrected chi connectivity index (χ1v) is 7.83. The van der Waals surface area contributed by atoms with E-state index in [2.05, 4.69) is 36.4 Å². The fourth-order valence-electron chi connectivity index (χ4n) is 2.53. The van der Waals surface area contributed by atoms with Crippen molar-refractivity contribution in [1.29, 1.82) is 0 Å². The Bertz CT molecular complexity index is 1020. The van der Waals surface area contributed by atoms with Crippen LogP contribution < -0.4 is 5.32 Å². The molecule has 6 nitrogen and oxygen atoms in total. The summed E-state index contributed by atoms with van der Waals surface area (Å²) in [6.45, 7) is 0.367. The van der Waals surface area contributed by atoms with Gasteiger partial charge in [-0.3, -0.25) is 9.89 Å². The first-order valence-electron chi connectivity index (χ1n) is 7.04. The molecular weight excluding hydrogens is 358 g/mol. The van der Waals surface area contributed by atoms with E-state index < -0.39 is 0 Å². The maximum Gasteiger partial charge on any atom is 0.252 e. The number of hydrogen-bond acceptors (Lipinski definition) is 3. The van der Waals surface area contributed by atoms with Crippen molar-refractivity contribution < 1.29 is 4.79 Å². The molecule has 1 aromatic carbocycles. The molecule has 23 heavy (non-hydrogen) atoms. The lowest BCUT2D eigenvalue weighted by Crippen LogP contribution is -2.23. The largest absolute Gasteiger partial charge is 0.346 e. The second-order valence-corrected chi connectivity index (χ2v) is 6.08. The van der Waals surface area contributed by atoms with E-state index in [0.29, 0.717) is 12.1 Å². The minimum atomic E-state index is -0.143. The average Bonchev–Trinajstić information content (AvgIpc) is 3.17. The third-order valence-electron chi connectivity index (χ3n) is 3.62. The van der Waals surface area contributed by atoms with Crippen LogP contribution in [-0.4, -0.2) is 25.5 Å². The van der Waals surface area contributed by atoms with Gasteiger partial charge in [-0.05, 0) is 40.2 Å². The molecule has 0 spiro atoms. The van der Waals surface area contributed by atoms with Crippen LogP contribution in [0.4, 0.5) is 0 Å². The van der Waals surface area contributed by atoms with E-state index in [-0.39, 0.29) is 5.91 Å². The van der Waals surface area contributed by atoms with Gasteiger partial charge >= 0.3 is 0 Å². The van der Waals surface area contributed by atoms with Crippen molar-refractivity contribution >= 4 is 38.4 Å². The molecule has 1 amide bonds. The van der Waals surface area contributed by atoms with Gasteiger partial charge in [-0.25, -0.2) is 4.98 Å². The van der Waals surface area contributed by atoms with Crippen molar-refractivity contribution in [3.8, 4) is 0 Å². The number of imidazole rings is 1. The SMILES string of the molecule is O=C(NCc1cn2cc(Br)ccc2n1)c1cccc2[nH]ncc12. The smallest absolute Gasteiger partial charge is 0.252 e. The monoisotopic (exact) mass is 369 g/mol. The molecule has 4 rings (SSSR count). The Labute approximate surface area is 139 Å². The highest BCUT2D eigenvalue weighted by atomic mass is 79.9. The van der Waals surface area contributed by atoms with Gasteiger partial charge in [-0.15, -0.1) is 0 Å². The zero-order valence-electron chi connectivity index (χ0n) is 12.0. The number of H-pyrrole nitrogens is 1. The molecule has 0 saturated heterocycles. The number of halogens is 1. The minimum Gasteiger partial charge on any atom is -0.346 e. The van der Waals surface area contributed by atoms with E-state index in [4.69, 9.17) is 0 Å². The fourth-order valence-corrected chi connectivity index (χ4v) is 2.89. The van der Waals surface area contributed by atoms with Gasteiger partial charge in [-0.1, -0.05) is 6.07 Å². The van der Waals surface area contributed by atoms with Crippen molar-refractivity contribution in [2.75, 3.05) is 0 Å². The number of carbonyl (C=O) groups excluding carboxylic acids is 1. The Hall–Kier alpha value is -2.67. The van der Waals surface area contributed by atoms with Gasteiger partial charge in [0.2, 0.25) is 0 Å². The normalized spacial score (nSPS) is 11.2. The van der Waals surface area contributed by atoms with Crippen LogP contribution in [-0.2, 0) is 6.54 Å². The maximum atomic E-state index is 12.4. The minimum absolute atomic E-state index is 0.143. The highest BCUT2D eigenvalue weighted by molar-refractivity contribution is 9.10. The summed E-state index contributed by atoms with van der Waals surface area (Å²) in [5, 5.41) is 10.5. The molecule has 0 saturated carbocycles. The lowest BCUT2D eigenvalue weighted by Gasteiger charge is -2.04. The van der Waals surface area contributed by atoms with Gasteiger partial charge in [0.1, 0.15) is 5.65 Å². The summed E-state index contributed by atoms with van der Waals surface area (Å²) in [6.07, 6.45) is 5.49. The van der Waals surface area contributed by atoms with Gasteiger partial charge in [0.15, 0.2) is 0 Å². The number of rotatable bonds is 3. The molecular formula is C16H12BrN5O. The second kappa shape index (κ2) is 5.51. The lowest BCUT2D eigenvalue weighted by molar-refractivity contribution is 0.0952. The lowest BCUT2D eigenvalue weighted by atomic mass is 10.1. The van der Waals surface area contributed by atoms with E-state index in [9.17, 15) is 4.79 Å². The second-order valence-electron chi connectivity index (χ2n) is 5.16. The summed E-state index contributed by atoms with van der Waals surface area (Å²) in [5.74, 6) is -0.143. The van der Waals surface area contributed by atoms with Crippen molar-refractivity contribution in [3.05, 3.63) is 64.7 Å². The summed E-state index contributed by atoms with van der Waals surface area (Å²) >= 11 is 3.43. The molecule has 0 aliphatic rings. The number of nitrogens with one attached hydrogen (secondary N) is 2. The van der Waals surface area contributed by atoms with E-state index in [1.165, 1.54) is 0 Å². The van der Waals surface area contributed by atoms with Crippen molar-refractivity contribution in [2.24, 2.45) is 0 Å². The highest BCUT2D eigenvalue weighted by Gasteiger charge is 2.11. The molecule has 0 radical (unpaired) electrons. The predicted molar refractivity (Wildman–Crippen MR) is 90.2 cm³/mol. The average molecular weight is 370 g/mol. The van der Waals surface area contributed by atoms with Gasteiger partial charge in [-0.2, -0.15) is 5.10 Å². The summed E-state index contributed by atoms with van der Waals surface area (Å²) in [6, 6.07) is 9.36. The molecule has 0 bridgehead atoms. The van der Waals surface area contributed by atoms with Crippen LogP contribution in [0.15, 0.2) is 53.4 Å². The van der Waals surface area contributed by atoms with Crippen LogP contribution in [0, 0.1) is 0 Å². The Morgan fingerprint density at radius 1 is 1.26 bits per heavy atom. The van der Waals surface area contributed by atoms with E-state index >= 15 is 0 Å². The molecule has 0 aliphatic heterocycles. The first kappa shape index (κ1) is 14.0. The van der Waals surface area contributed by atoms with Crippen LogP contribution >= 0.6 is 15.9 Å². The Kier molecular flexibility index (Phi) is 3.34. The summed E-state index contributed by atoms with van der Waals surface area (Å²) in [5.41, 5.74) is 3.09. The van der Waals surface area contributed by atoms with Crippen LogP contribution in [0.3, 0.4) is 0 Å². The summed E-state index contributed by atoms with van der Waals surface area (Å²) in [7, 11) is 0. The van der Waals surface area contributed by atoms with Crippen molar-refractivity contribution in [1.82, 2.24) is 24.9 Å². The van der Waals surface area contributed by atoms with E-state index in [1.807, 2.05) is 41.1 Å². The summed E-state index contributed by atoms with van der Waals surface area (Å²) < 4.78 is 2.90. The molecule has 0 aliphatic carbocycles. The fraction of sp³-hybridized carbons (Fsp3) is 0.0625. The zero-order chi connectivity index (χ0) is 15.8. The Morgan fingerprint density at radius 2 is 2.17 bits per heavy atom. The van der Waals surface area contributed by atoms with E-state index in [1.54, 1.807) is 12.3 Å². The third kappa shape index (κ3) is 2.59. The predicted octanol–water partition coefficient (Wildman–Crippen LogP) is 2.90. The van der Waals surface area contributed by atoms with Crippen LogP contribution in [0.2, 0.25) is 0 Å². The first-order chi connectivity index (χ1) is 11.2. The quantitative estimate of drug-likeness (QED) is 0.582. The summed E-state index contributed by atoms with van der Waals surface area (Å²) in [4.78, 5) is 16.9. The van der Waals surface area contributed by atoms with Crippen LogP contribution in [0.25, 0.3) is 16.6 Å². The number of pyridine rings is 1. The number of aromatic amines is 1. The molecule has 0 unspecified atom stereocenters. The van der Waals surface area contributed by atoms with Crippen molar-refractivity contribution in [2.45, 2.75) is 6.54 Å². The standard InChI is InChI=1S/C16H12BrN5O/c17-10-4-5-15-20-11(9-22(15)8-10)6-18-16(23)12-2-1-3-14-13(12)7-19-21-14/h1-5,7-9H,6H2,(H,18,23)(H,19,21). The number of carbonyl (C=O) groups is 1.